The van der Waals surface area contributed by atoms with Crippen LogP contribution in [0.5, 0.6) is 0 Å². The molecule has 0 radical (unpaired) electrons. The van der Waals surface area contributed by atoms with Crippen LogP contribution >= 0.6 is 0 Å². The van der Waals surface area contributed by atoms with Crippen molar-refractivity contribution in [1.82, 2.24) is 9.80 Å². The average Bonchev–Trinajstić information content (AvgIpc) is 2.51. The molecular formula is C17H23N3O. The van der Waals surface area contributed by atoms with Crippen LogP contribution < -0.4 is 5.73 Å². The lowest BCUT2D eigenvalue weighted by Gasteiger charge is -2.34. The first-order chi connectivity index (χ1) is 10.1. The van der Waals surface area contributed by atoms with Crippen molar-refractivity contribution < 1.29 is 4.79 Å². The molecule has 1 heterocycles. The van der Waals surface area contributed by atoms with Gasteiger partial charge in [0.25, 0.3) is 5.91 Å². The molecule has 4 nitrogen and oxygen atoms in total. The molecule has 1 fully saturated rings. The smallest absolute Gasteiger partial charge is 0.253 e. The number of aryl methyl sites for hydroxylation is 1. The third-order valence-electron chi connectivity index (χ3n) is 3.77. The van der Waals surface area contributed by atoms with E-state index in [2.05, 4.69) is 23.7 Å². The van der Waals surface area contributed by atoms with Gasteiger partial charge in [-0.1, -0.05) is 18.8 Å². The third-order valence-corrected chi connectivity index (χ3v) is 3.77. The first kappa shape index (κ1) is 15.6. The molecule has 2 N–H and O–H groups in total. The Morgan fingerprint density at radius 3 is 2.57 bits per heavy atom. The summed E-state index contributed by atoms with van der Waals surface area (Å²) in [5.74, 6) is 5.94. The molecule has 1 aliphatic heterocycles. The van der Waals surface area contributed by atoms with Gasteiger partial charge in [0.2, 0.25) is 0 Å². The van der Waals surface area contributed by atoms with Gasteiger partial charge in [-0.25, -0.2) is 0 Å². The number of amides is 1. The highest BCUT2D eigenvalue weighted by Gasteiger charge is 2.21. The maximum Gasteiger partial charge on any atom is 0.253 e. The fraction of sp³-hybridized carbons (Fsp3) is 0.471. The molecule has 4 heteroatoms. The third kappa shape index (κ3) is 4.07. The second-order valence-electron chi connectivity index (χ2n) is 5.32. The quantitative estimate of drug-likeness (QED) is 0.827. The minimum absolute atomic E-state index is 0.102. The predicted molar refractivity (Wildman–Crippen MR) is 85.1 cm³/mol. The van der Waals surface area contributed by atoms with Gasteiger partial charge < -0.3 is 15.5 Å². The van der Waals surface area contributed by atoms with Crippen LogP contribution in [0.1, 0.15) is 28.4 Å². The normalized spacial score (nSPS) is 15.5. The van der Waals surface area contributed by atoms with E-state index in [0.29, 0.717) is 6.54 Å². The maximum absolute atomic E-state index is 12.6. The Hall–Kier alpha value is -1.83. The van der Waals surface area contributed by atoms with Crippen LogP contribution in [0.4, 0.5) is 0 Å². The minimum atomic E-state index is 0.102. The minimum Gasteiger partial charge on any atom is -0.336 e. The lowest BCUT2D eigenvalue weighted by Crippen LogP contribution is -2.48. The Morgan fingerprint density at radius 1 is 1.24 bits per heavy atom. The summed E-state index contributed by atoms with van der Waals surface area (Å²) < 4.78 is 0. The van der Waals surface area contributed by atoms with Crippen LogP contribution in [0.2, 0.25) is 0 Å². The second kappa shape index (κ2) is 7.26. The summed E-state index contributed by atoms with van der Waals surface area (Å²) in [6, 6.07) is 5.78. The number of nitrogens with two attached hydrogens (primary N) is 1. The highest BCUT2D eigenvalue weighted by atomic mass is 16.2. The number of carbonyl (C=O) groups is 1. The second-order valence-corrected chi connectivity index (χ2v) is 5.32. The standard InChI is InChI=1S/C17H23N3O/c1-3-19-7-9-20(10-8-19)17(21)16-12-14(2)11-15(13-16)5-4-6-18/h11-13H,3,6-10,18H2,1-2H3. The van der Waals surface area contributed by atoms with Crippen molar-refractivity contribution in [2.24, 2.45) is 5.73 Å². The lowest BCUT2D eigenvalue weighted by atomic mass is 10.1. The Morgan fingerprint density at radius 2 is 1.95 bits per heavy atom. The van der Waals surface area contributed by atoms with Gasteiger partial charge in [0.15, 0.2) is 0 Å². The van der Waals surface area contributed by atoms with Gasteiger partial charge in [0.1, 0.15) is 0 Å². The Labute approximate surface area is 126 Å². The zero-order valence-electron chi connectivity index (χ0n) is 12.9. The number of rotatable bonds is 2. The van der Waals surface area contributed by atoms with E-state index < -0.39 is 0 Å². The van der Waals surface area contributed by atoms with E-state index in [0.717, 1.165) is 49.4 Å². The van der Waals surface area contributed by atoms with Crippen molar-refractivity contribution in [2.75, 3.05) is 39.3 Å². The molecule has 0 aliphatic carbocycles. The molecule has 0 bridgehead atoms. The van der Waals surface area contributed by atoms with Crippen LogP contribution in [0.25, 0.3) is 0 Å². The SMILES string of the molecule is CCN1CCN(C(=O)c2cc(C)cc(C#CCN)c2)CC1. The van der Waals surface area contributed by atoms with Gasteiger partial charge in [0, 0.05) is 37.3 Å². The van der Waals surface area contributed by atoms with E-state index in [-0.39, 0.29) is 5.91 Å². The van der Waals surface area contributed by atoms with E-state index in [1.165, 1.54) is 0 Å². The molecule has 1 aliphatic rings. The molecule has 1 aromatic carbocycles. The zero-order valence-corrected chi connectivity index (χ0v) is 12.9. The summed E-state index contributed by atoms with van der Waals surface area (Å²) in [5, 5.41) is 0. The molecule has 1 saturated heterocycles. The lowest BCUT2D eigenvalue weighted by molar-refractivity contribution is 0.0643. The molecule has 0 aromatic heterocycles. The van der Waals surface area contributed by atoms with Gasteiger partial charge in [-0.2, -0.15) is 0 Å². The first-order valence-electron chi connectivity index (χ1n) is 7.46. The molecule has 112 valence electrons. The zero-order chi connectivity index (χ0) is 15.2. The topological polar surface area (TPSA) is 49.6 Å². The van der Waals surface area contributed by atoms with E-state index in [4.69, 9.17) is 5.73 Å². The molecule has 0 spiro atoms. The van der Waals surface area contributed by atoms with Gasteiger partial charge in [-0.15, -0.1) is 0 Å². The predicted octanol–water partition coefficient (Wildman–Crippen LogP) is 1.08. The van der Waals surface area contributed by atoms with Crippen LogP contribution in [0.3, 0.4) is 0 Å². The number of carbonyl (C=O) groups excluding carboxylic acids is 1. The summed E-state index contributed by atoms with van der Waals surface area (Å²) >= 11 is 0. The fourth-order valence-electron chi connectivity index (χ4n) is 2.58. The summed E-state index contributed by atoms with van der Waals surface area (Å²) in [7, 11) is 0. The number of hydrogen-bond acceptors (Lipinski definition) is 3. The maximum atomic E-state index is 12.6. The van der Waals surface area contributed by atoms with Crippen LogP contribution in [0, 0.1) is 18.8 Å². The summed E-state index contributed by atoms with van der Waals surface area (Å²) in [4.78, 5) is 16.9. The Kier molecular flexibility index (Phi) is 5.38. The average molecular weight is 285 g/mol. The van der Waals surface area contributed by atoms with Gasteiger partial charge in [0.05, 0.1) is 6.54 Å². The van der Waals surface area contributed by atoms with E-state index >= 15 is 0 Å². The van der Waals surface area contributed by atoms with E-state index in [1.54, 1.807) is 0 Å². The molecule has 0 saturated carbocycles. The number of piperazine rings is 1. The number of nitrogens with zero attached hydrogens (tertiary/aromatic N) is 2. The summed E-state index contributed by atoms with van der Waals surface area (Å²) in [6.45, 7) is 9.01. The molecule has 21 heavy (non-hydrogen) atoms. The highest BCUT2D eigenvalue weighted by molar-refractivity contribution is 5.95. The van der Waals surface area contributed by atoms with Crippen molar-refractivity contribution in [3.8, 4) is 11.8 Å². The molecule has 0 atom stereocenters. The molecule has 1 amide bonds. The number of likely N-dealkylation sites (N-methyl/N-ethyl adjacent to an activating group) is 1. The van der Waals surface area contributed by atoms with Gasteiger partial charge in [-0.05, 0) is 37.2 Å². The molecule has 0 unspecified atom stereocenters. The molecular weight excluding hydrogens is 262 g/mol. The summed E-state index contributed by atoms with van der Waals surface area (Å²) in [6.07, 6.45) is 0. The van der Waals surface area contributed by atoms with Crippen LogP contribution in [0.15, 0.2) is 18.2 Å². The van der Waals surface area contributed by atoms with Gasteiger partial charge >= 0.3 is 0 Å². The van der Waals surface area contributed by atoms with E-state index in [1.807, 2.05) is 30.0 Å². The van der Waals surface area contributed by atoms with E-state index in [9.17, 15) is 4.79 Å². The summed E-state index contributed by atoms with van der Waals surface area (Å²) in [5.41, 5.74) is 8.03. The van der Waals surface area contributed by atoms with Crippen molar-refractivity contribution in [1.29, 1.82) is 0 Å². The Balaban J connectivity index is 2.14. The van der Waals surface area contributed by atoms with Gasteiger partial charge in [-0.3, -0.25) is 4.79 Å². The van der Waals surface area contributed by atoms with Crippen molar-refractivity contribution >= 4 is 5.91 Å². The number of hydrogen-bond donors (Lipinski definition) is 1. The fourth-order valence-corrected chi connectivity index (χ4v) is 2.58. The highest BCUT2D eigenvalue weighted by Crippen LogP contribution is 2.13. The molecule has 1 aromatic rings. The molecule has 2 rings (SSSR count). The van der Waals surface area contributed by atoms with Crippen molar-refractivity contribution in [2.45, 2.75) is 13.8 Å². The monoisotopic (exact) mass is 285 g/mol. The van der Waals surface area contributed by atoms with Crippen molar-refractivity contribution in [3.05, 3.63) is 34.9 Å². The number of benzene rings is 1. The first-order valence-corrected chi connectivity index (χ1v) is 7.46. The largest absolute Gasteiger partial charge is 0.336 e. The Bertz CT molecular complexity index is 563. The van der Waals surface area contributed by atoms with Crippen LogP contribution in [-0.2, 0) is 0 Å². The van der Waals surface area contributed by atoms with Crippen molar-refractivity contribution in [3.63, 3.8) is 0 Å². The van der Waals surface area contributed by atoms with Crippen LogP contribution in [-0.4, -0.2) is 55.0 Å².